The molecule has 3 aromatic rings. The fourth-order valence-electron chi connectivity index (χ4n) is 3.52. The third kappa shape index (κ3) is 2.75. The van der Waals surface area contributed by atoms with Crippen molar-refractivity contribution in [2.24, 2.45) is 0 Å². The number of amides is 2. The highest BCUT2D eigenvalue weighted by Gasteiger charge is 2.68. The molecule has 1 aliphatic heterocycles. The van der Waals surface area contributed by atoms with E-state index in [1.165, 1.54) is 30.3 Å². The average molecular weight is 418 g/mol. The molecule has 1 aliphatic rings. The molecule has 0 spiro atoms. The van der Waals surface area contributed by atoms with E-state index >= 15 is 0 Å². The number of rotatable bonds is 3. The molecule has 7 nitrogen and oxygen atoms in total. The molecule has 10 heteroatoms. The number of alkyl halides is 3. The summed E-state index contributed by atoms with van der Waals surface area (Å²) in [6.45, 7) is 3.50. The summed E-state index contributed by atoms with van der Waals surface area (Å²) in [5.41, 5.74) is -1.60. The summed E-state index contributed by atoms with van der Waals surface area (Å²) >= 11 is 0. The van der Waals surface area contributed by atoms with E-state index in [4.69, 9.17) is 0 Å². The number of imidazole rings is 1. The van der Waals surface area contributed by atoms with Crippen molar-refractivity contribution in [2.75, 3.05) is 5.32 Å². The molecule has 0 bridgehead atoms. The van der Waals surface area contributed by atoms with Crippen molar-refractivity contribution in [1.29, 1.82) is 0 Å². The Labute approximate surface area is 168 Å². The van der Waals surface area contributed by atoms with Gasteiger partial charge in [-0.25, -0.2) is 4.98 Å². The van der Waals surface area contributed by atoms with Crippen LogP contribution in [0, 0.1) is 13.8 Å². The molecule has 30 heavy (non-hydrogen) atoms. The predicted molar refractivity (Wildman–Crippen MR) is 101 cm³/mol. The maximum absolute atomic E-state index is 14.4. The van der Waals surface area contributed by atoms with Gasteiger partial charge >= 0.3 is 6.18 Å². The third-order valence-electron chi connectivity index (χ3n) is 5.24. The molecule has 2 atom stereocenters. The van der Waals surface area contributed by atoms with Gasteiger partial charge in [0.15, 0.2) is 6.10 Å². The van der Waals surface area contributed by atoms with Gasteiger partial charge in [-0.05, 0) is 42.7 Å². The van der Waals surface area contributed by atoms with Crippen LogP contribution < -0.4 is 10.6 Å². The van der Waals surface area contributed by atoms with E-state index < -0.39 is 29.8 Å². The summed E-state index contributed by atoms with van der Waals surface area (Å²) in [5, 5.41) is 14.1. The first-order valence-corrected chi connectivity index (χ1v) is 8.99. The summed E-state index contributed by atoms with van der Waals surface area (Å²) in [6.07, 6.45) is -7.12. The molecule has 0 aliphatic carbocycles. The van der Waals surface area contributed by atoms with Gasteiger partial charge in [0.05, 0.1) is 11.0 Å². The van der Waals surface area contributed by atoms with Crippen LogP contribution in [-0.2, 0) is 15.3 Å². The number of nitrogens with one attached hydrogen (secondary N) is 2. The van der Waals surface area contributed by atoms with Crippen LogP contribution in [0.3, 0.4) is 0 Å². The number of fused-ring (bicyclic) bond motifs is 3. The molecule has 0 fully saturated rings. The standard InChI is InChI=1S/C20H17F3N4O3/c1-10-8-13-14(9-11(10)2)27-18(24-13)25-17(30)19(27,20(21,22)23)26-16(29)15(28)12-6-4-3-5-7-12/h3-9,15,28H,1-2H3,(H,26,29)(H,24,25,30)/t15-,19?/m0/s1. The van der Waals surface area contributed by atoms with Crippen molar-refractivity contribution in [3.8, 4) is 0 Å². The lowest BCUT2D eigenvalue weighted by Gasteiger charge is -2.32. The fourth-order valence-corrected chi connectivity index (χ4v) is 3.52. The number of aliphatic hydroxyl groups excluding tert-OH is 1. The molecule has 1 unspecified atom stereocenters. The molecular formula is C20H17F3N4O3. The molecule has 4 rings (SSSR count). The number of halogens is 3. The number of aliphatic hydroxyl groups is 1. The third-order valence-corrected chi connectivity index (χ3v) is 5.24. The van der Waals surface area contributed by atoms with Crippen molar-refractivity contribution < 1.29 is 27.9 Å². The van der Waals surface area contributed by atoms with Gasteiger partial charge in [-0.15, -0.1) is 0 Å². The normalized spacial score (nSPS) is 19.5. The van der Waals surface area contributed by atoms with Crippen LogP contribution >= 0.6 is 0 Å². The van der Waals surface area contributed by atoms with Crippen LogP contribution in [0.25, 0.3) is 11.0 Å². The van der Waals surface area contributed by atoms with Crippen LogP contribution in [0.15, 0.2) is 42.5 Å². The number of anilines is 1. The second kappa shape index (κ2) is 6.56. The second-order valence-electron chi connectivity index (χ2n) is 7.16. The highest BCUT2D eigenvalue weighted by molar-refractivity contribution is 6.05. The van der Waals surface area contributed by atoms with E-state index in [1.54, 1.807) is 31.3 Å². The highest BCUT2D eigenvalue weighted by atomic mass is 19.4. The first-order chi connectivity index (χ1) is 14.1. The molecule has 0 saturated carbocycles. The van der Waals surface area contributed by atoms with Crippen LogP contribution in [0.4, 0.5) is 19.1 Å². The molecule has 2 aromatic carbocycles. The van der Waals surface area contributed by atoms with Gasteiger partial charge in [-0.1, -0.05) is 30.3 Å². The molecular weight excluding hydrogens is 401 g/mol. The molecule has 156 valence electrons. The number of carbonyl (C=O) groups is 2. The first-order valence-electron chi connectivity index (χ1n) is 8.99. The van der Waals surface area contributed by atoms with Crippen LogP contribution in [0.2, 0.25) is 0 Å². The summed E-state index contributed by atoms with van der Waals surface area (Å²) in [7, 11) is 0. The Morgan fingerprint density at radius 3 is 2.47 bits per heavy atom. The second-order valence-corrected chi connectivity index (χ2v) is 7.16. The lowest BCUT2D eigenvalue weighted by atomic mass is 10.0. The van der Waals surface area contributed by atoms with Gasteiger partial charge in [0.2, 0.25) is 5.95 Å². The minimum absolute atomic E-state index is 0.0262. The Morgan fingerprint density at radius 2 is 1.83 bits per heavy atom. The van der Waals surface area contributed by atoms with E-state index in [2.05, 4.69) is 10.3 Å². The van der Waals surface area contributed by atoms with Crippen LogP contribution in [-0.4, -0.2) is 32.6 Å². The van der Waals surface area contributed by atoms with E-state index in [-0.39, 0.29) is 22.5 Å². The lowest BCUT2D eigenvalue weighted by Crippen LogP contribution is -2.64. The molecule has 2 amide bonds. The number of carbonyl (C=O) groups excluding carboxylic acids is 2. The summed E-state index contributed by atoms with van der Waals surface area (Å²) in [5.74, 6) is -3.22. The minimum atomic E-state index is -5.22. The van der Waals surface area contributed by atoms with Gasteiger partial charge in [-0.3, -0.25) is 19.5 Å². The van der Waals surface area contributed by atoms with E-state index in [9.17, 15) is 27.9 Å². The minimum Gasteiger partial charge on any atom is -0.378 e. The maximum atomic E-state index is 14.4. The van der Waals surface area contributed by atoms with Crippen LogP contribution in [0.5, 0.6) is 0 Å². The Hall–Kier alpha value is -3.40. The highest BCUT2D eigenvalue weighted by Crippen LogP contribution is 2.44. The number of hydrogen-bond acceptors (Lipinski definition) is 4. The molecule has 1 aromatic heterocycles. The zero-order valence-electron chi connectivity index (χ0n) is 15.9. The van der Waals surface area contributed by atoms with Crippen molar-refractivity contribution in [2.45, 2.75) is 31.8 Å². The first kappa shape index (κ1) is 19.9. The zero-order chi connectivity index (χ0) is 21.8. The van der Waals surface area contributed by atoms with Gasteiger partial charge in [0.1, 0.15) is 0 Å². The Bertz CT molecular complexity index is 1170. The molecule has 2 heterocycles. The maximum Gasteiger partial charge on any atom is 0.440 e. The Balaban J connectivity index is 1.87. The van der Waals surface area contributed by atoms with Crippen LogP contribution in [0.1, 0.15) is 22.8 Å². The monoisotopic (exact) mass is 418 g/mol. The van der Waals surface area contributed by atoms with Gasteiger partial charge in [-0.2, -0.15) is 13.2 Å². The lowest BCUT2D eigenvalue weighted by molar-refractivity contribution is -0.218. The van der Waals surface area contributed by atoms with E-state index in [1.807, 2.05) is 0 Å². The topological polar surface area (TPSA) is 96.2 Å². The van der Waals surface area contributed by atoms with Gasteiger partial charge in [0.25, 0.3) is 17.5 Å². The van der Waals surface area contributed by atoms with Crippen molar-refractivity contribution in [3.05, 3.63) is 59.2 Å². The van der Waals surface area contributed by atoms with Crippen molar-refractivity contribution >= 4 is 28.8 Å². The summed E-state index contributed by atoms with van der Waals surface area (Å²) < 4.78 is 43.7. The summed E-state index contributed by atoms with van der Waals surface area (Å²) in [6, 6.07) is 10.5. The Morgan fingerprint density at radius 1 is 1.20 bits per heavy atom. The molecule has 0 radical (unpaired) electrons. The average Bonchev–Trinajstić information content (AvgIpc) is 3.15. The number of nitrogens with zero attached hydrogens (tertiary/aromatic N) is 2. The SMILES string of the molecule is Cc1cc2nc3n(c2cc1C)C(NC(=O)[C@@H](O)c1ccccc1)(C(F)(F)F)C(=O)N3. The van der Waals surface area contributed by atoms with Crippen molar-refractivity contribution in [3.63, 3.8) is 0 Å². The smallest absolute Gasteiger partial charge is 0.378 e. The summed E-state index contributed by atoms with van der Waals surface area (Å²) in [4.78, 5) is 29.3. The van der Waals surface area contributed by atoms with Gasteiger partial charge < -0.3 is 10.4 Å². The number of benzene rings is 2. The number of aryl methyl sites for hydroxylation is 2. The predicted octanol–water partition coefficient (Wildman–Crippen LogP) is 2.67. The van der Waals surface area contributed by atoms with E-state index in [0.29, 0.717) is 10.1 Å². The fraction of sp³-hybridized carbons (Fsp3) is 0.250. The largest absolute Gasteiger partial charge is 0.440 e. The number of aromatic nitrogens is 2. The Kier molecular flexibility index (Phi) is 4.35. The van der Waals surface area contributed by atoms with E-state index in [0.717, 1.165) is 5.56 Å². The molecule has 3 N–H and O–H groups in total. The zero-order valence-corrected chi connectivity index (χ0v) is 15.9. The molecule has 0 saturated heterocycles. The van der Waals surface area contributed by atoms with Gasteiger partial charge in [0, 0.05) is 0 Å². The number of hydrogen-bond donors (Lipinski definition) is 3. The quantitative estimate of drug-likeness (QED) is 0.609. The van der Waals surface area contributed by atoms with Crippen molar-refractivity contribution in [1.82, 2.24) is 14.9 Å².